The van der Waals surface area contributed by atoms with E-state index in [0.29, 0.717) is 44.5 Å². The summed E-state index contributed by atoms with van der Waals surface area (Å²) in [5.41, 5.74) is 2.17. The molecular formula is C29H22N2O6S. The van der Waals surface area contributed by atoms with Crippen LogP contribution in [-0.4, -0.2) is 36.4 Å². The Labute approximate surface area is 222 Å². The highest BCUT2D eigenvalue weighted by atomic mass is 32.2. The normalized spacial score (nSPS) is 15.3. The lowest BCUT2D eigenvalue weighted by molar-refractivity contribution is -0.113. The molecule has 0 aliphatic carbocycles. The van der Waals surface area contributed by atoms with Crippen molar-refractivity contribution < 1.29 is 28.6 Å². The highest BCUT2D eigenvalue weighted by molar-refractivity contribution is 8.19. The van der Waals surface area contributed by atoms with Crippen LogP contribution in [0.2, 0.25) is 0 Å². The van der Waals surface area contributed by atoms with E-state index in [1.165, 1.54) is 28.8 Å². The monoisotopic (exact) mass is 526 g/mol. The van der Waals surface area contributed by atoms with Gasteiger partial charge in [0.25, 0.3) is 5.91 Å². The number of hydrogen-bond acceptors (Lipinski definition) is 7. The van der Waals surface area contributed by atoms with Crippen LogP contribution in [0.25, 0.3) is 17.4 Å². The van der Waals surface area contributed by atoms with Crippen molar-refractivity contribution in [3.8, 4) is 22.8 Å². The van der Waals surface area contributed by atoms with E-state index in [1.54, 1.807) is 62.8 Å². The van der Waals surface area contributed by atoms with Gasteiger partial charge in [0.15, 0.2) is 5.17 Å². The van der Waals surface area contributed by atoms with Gasteiger partial charge in [-0.3, -0.25) is 9.69 Å². The van der Waals surface area contributed by atoms with E-state index in [2.05, 4.69) is 0 Å². The molecule has 0 saturated carbocycles. The molecule has 0 atom stereocenters. The number of methoxy groups -OCH3 is 2. The van der Waals surface area contributed by atoms with Crippen LogP contribution in [0.15, 0.2) is 99.2 Å². The third kappa shape index (κ3) is 5.18. The maximum Gasteiger partial charge on any atom is 0.335 e. The largest absolute Gasteiger partial charge is 0.497 e. The molecule has 1 saturated heterocycles. The van der Waals surface area contributed by atoms with Crippen molar-refractivity contribution >= 4 is 46.3 Å². The summed E-state index contributed by atoms with van der Waals surface area (Å²) in [6.45, 7) is 0. The van der Waals surface area contributed by atoms with E-state index in [4.69, 9.17) is 24.0 Å². The molecule has 38 heavy (non-hydrogen) atoms. The van der Waals surface area contributed by atoms with Gasteiger partial charge in [0.1, 0.15) is 23.0 Å². The standard InChI is InChI=1S/C29H22N2O6S/c1-35-22-7-3-5-20(15-22)30-29-31(21-6-4-8-23(16-21)36-2)27(32)26(38-29)17-24-13-14-25(37-24)18-9-11-19(12-10-18)28(33)34/h3-17H,1-2H3,(H,33,34)/b26-17+,30-29?. The van der Waals surface area contributed by atoms with E-state index in [9.17, 15) is 9.59 Å². The smallest absolute Gasteiger partial charge is 0.335 e. The molecule has 1 amide bonds. The third-order valence-electron chi connectivity index (χ3n) is 5.71. The molecule has 190 valence electrons. The maximum atomic E-state index is 13.6. The minimum Gasteiger partial charge on any atom is -0.497 e. The number of rotatable bonds is 7. The van der Waals surface area contributed by atoms with E-state index in [0.717, 1.165) is 5.56 Å². The number of furan rings is 1. The van der Waals surface area contributed by atoms with Crippen LogP contribution >= 0.6 is 11.8 Å². The van der Waals surface area contributed by atoms with E-state index in [1.807, 2.05) is 30.3 Å². The fourth-order valence-corrected chi connectivity index (χ4v) is 4.79. The summed E-state index contributed by atoms with van der Waals surface area (Å²) in [7, 11) is 3.15. The molecule has 9 heteroatoms. The number of carboxylic acid groups (broad SMARTS) is 1. The van der Waals surface area contributed by atoms with Crippen molar-refractivity contribution in [1.29, 1.82) is 0 Å². The molecule has 2 heterocycles. The zero-order valence-corrected chi connectivity index (χ0v) is 21.3. The van der Waals surface area contributed by atoms with Crippen LogP contribution in [0.4, 0.5) is 11.4 Å². The van der Waals surface area contributed by atoms with Gasteiger partial charge < -0.3 is 19.0 Å². The molecule has 0 spiro atoms. The number of amidine groups is 1. The van der Waals surface area contributed by atoms with E-state index < -0.39 is 5.97 Å². The van der Waals surface area contributed by atoms with Gasteiger partial charge in [-0.05, 0) is 60.3 Å². The van der Waals surface area contributed by atoms with Gasteiger partial charge in [0.2, 0.25) is 0 Å². The van der Waals surface area contributed by atoms with Gasteiger partial charge in [-0.25, -0.2) is 9.79 Å². The number of thioether (sulfide) groups is 1. The summed E-state index contributed by atoms with van der Waals surface area (Å²) in [6.07, 6.45) is 1.67. The molecule has 0 bridgehead atoms. The van der Waals surface area contributed by atoms with Crippen LogP contribution in [0, 0.1) is 0 Å². The van der Waals surface area contributed by atoms with E-state index >= 15 is 0 Å². The Hall–Kier alpha value is -4.76. The molecule has 8 nitrogen and oxygen atoms in total. The highest BCUT2D eigenvalue weighted by Gasteiger charge is 2.35. The molecule has 1 aromatic heterocycles. The Kier molecular flexibility index (Phi) is 7.01. The number of carbonyl (C=O) groups excluding carboxylic acids is 1. The third-order valence-corrected chi connectivity index (χ3v) is 6.68. The Morgan fingerprint density at radius 2 is 1.66 bits per heavy atom. The SMILES string of the molecule is COc1cccc(N=C2S/C(=C/c3ccc(-c4ccc(C(=O)O)cc4)o3)C(=O)N2c2cccc(OC)c2)c1. The van der Waals surface area contributed by atoms with Gasteiger partial charge in [0.05, 0.1) is 36.1 Å². The van der Waals surface area contributed by atoms with Crippen molar-refractivity contribution in [2.75, 3.05) is 19.1 Å². The summed E-state index contributed by atoms with van der Waals surface area (Å²) in [5, 5.41) is 9.59. The summed E-state index contributed by atoms with van der Waals surface area (Å²) in [6, 6.07) is 24.4. The number of amides is 1. The lowest BCUT2D eigenvalue weighted by atomic mass is 10.1. The quantitative estimate of drug-likeness (QED) is 0.275. The Morgan fingerprint density at radius 3 is 2.37 bits per heavy atom. The molecule has 4 aromatic rings. The number of ether oxygens (including phenoxy) is 2. The summed E-state index contributed by atoms with van der Waals surface area (Å²) in [4.78, 5) is 31.4. The molecule has 1 aliphatic heterocycles. The first-order valence-electron chi connectivity index (χ1n) is 11.5. The van der Waals surface area contributed by atoms with Gasteiger partial charge in [-0.15, -0.1) is 0 Å². The molecule has 0 radical (unpaired) electrons. The predicted octanol–water partition coefficient (Wildman–Crippen LogP) is 6.47. The first kappa shape index (κ1) is 24.9. The van der Waals surface area contributed by atoms with Crippen molar-refractivity contribution in [3.63, 3.8) is 0 Å². The lowest BCUT2D eigenvalue weighted by Crippen LogP contribution is -2.28. The van der Waals surface area contributed by atoms with Crippen LogP contribution in [0.5, 0.6) is 11.5 Å². The Morgan fingerprint density at radius 1 is 0.947 bits per heavy atom. The number of benzene rings is 3. The second kappa shape index (κ2) is 10.7. The van der Waals surface area contributed by atoms with Crippen LogP contribution in [-0.2, 0) is 4.79 Å². The number of anilines is 1. The highest BCUT2D eigenvalue weighted by Crippen LogP contribution is 2.39. The number of hydrogen-bond donors (Lipinski definition) is 1. The first-order chi connectivity index (χ1) is 18.4. The number of aliphatic imine (C=N–C) groups is 1. The van der Waals surface area contributed by atoms with Crippen molar-refractivity contribution in [1.82, 2.24) is 0 Å². The molecular weight excluding hydrogens is 504 g/mol. The summed E-state index contributed by atoms with van der Waals surface area (Å²) < 4.78 is 16.6. The predicted molar refractivity (Wildman–Crippen MR) is 147 cm³/mol. The molecule has 3 aromatic carbocycles. The van der Waals surface area contributed by atoms with Gasteiger partial charge >= 0.3 is 5.97 Å². The molecule has 1 fully saturated rings. The Bertz CT molecular complexity index is 1570. The summed E-state index contributed by atoms with van der Waals surface area (Å²) in [5.74, 6) is 1.05. The second-order valence-corrected chi connectivity index (χ2v) is 9.14. The zero-order valence-electron chi connectivity index (χ0n) is 20.5. The maximum absolute atomic E-state index is 13.6. The van der Waals surface area contributed by atoms with Crippen molar-refractivity contribution in [2.45, 2.75) is 0 Å². The minimum atomic E-state index is -0.995. The second-order valence-electron chi connectivity index (χ2n) is 8.13. The topological polar surface area (TPSA) is 102 Å². The average molecular weight is 527 g/mol. The van der Waals surface area contributed by atoms with Crippen LogP contribution in [0.1, 0.15) is 16.1 Å². The number of aromatic carboxylic acids is 1. The van der Waals surface area contributed by atoms with Crippen LogP contribution in [0.3, 0.4) is 0 Å². The fourth-order valence-electron chi connectivity index (χ4n) is 3.81. The van der Waals surface area contributed by atoms with E-state index in [-0.39, 0.29) is 11.5 Å². The molecule has 5 rings (SSSR count). The van der Waals surface area contributed by atoms with Gasteiger partial charge in [-0.1, -0.05) is 24.3 Å². The Balaban J connectivity index is 1.50. The fraction of sp³-hybridized carbons (Fsp3) is 0.0690. The zero-order chi connectivity index (χ0) is 26.6. The number of nitrogens with zero attached hydrogens (tertiary/aromatic N) is 2. The minimum absolute atomic E-state index is 0.191. The molecule has 1 aliphatic rings. The first-order valence-corrected chi connectivity index (χ1v) is 12.3. The van der Waals surface area contributed by atoms with Crippen molar-refractivity contribution in [2.24, 2.45) is 4.99 Å². The van der Waals surface area contributed by atoms with Crippen LogP contribution < -0.4 is 14.4 Å². The summed E-state index contributed by atoms with van der Waals surface area (Å²) >= 11 is 1.23. The van der Waals surface area contributed by atoms with Crippen molar-refractivity contribution in [3.05, 3.63) is 101 Å². The molecule has 1 N–H and O–H groups in total. The number of carbonyl (C=O) groups is 2. The number of carboxylic acids is 1. The lowest BCUT2D eigenvalue weighted by Gasteiger charge is -2.16. The van der Waals surface area contributed by atoms with Gasteiger partial charge in [0, 0.05) is 23.8 Å². The molecule has 0 unspecified atom stereocenters. The average Bonchev–Trinajstić information content (AvgIpc) is 3.53. The van der Waals surface area contributed by atoms with Gasteiger partial charge in [-0.2, -0.15) is 0 Å².